The van der Waals surface area contributed by atoms with E-state index in [4.69, 9.17) is 9.47 Å². The van der Waals surface area contributed by atoms with Crippen molar-refractivity contribution >= 4 is 17.3 Å². The largest absolute Gasteiger partial charge is 0.494 e. The lowest BCUT2D eigenvalue weighted by molar-refractivity contribution is 0.0944. The molecular formula is C18H22N4O5. The fraction of sp³-hybridized carbons (Fsp3) is 0.500. The van der Waals surface area contributed by atoms with Gasteiger partial charge in [-0.15, -0.1) is 0 Å². The van der Waals surface area contributed by atoms with Crippen LogP contribution in [0.5, 0.6) is 5.88 Å². The fourth-order valence-corrected chi connectivity index (χ4v) is 3.09. The van der Waals surface area contributed by atoms with E-state index in [1.807, 2.05) is 13.8 Å². The predicted octanol–water partition coefficient (Wildman–Crippen LogP) is 1.09. The summed E-state index contributed by atoms with van der Waals surface area (Å²) in [6.45, 7) is 5.12. The van der Waals surface area contributed by atoms with E-state index in [-0.39, 0.29) is 17.5 Å². The molecule has 2 aliphatic rings. The number of hydrogen-bond donors (Lipinski definition) is 2. The summed E-state index contributed by atoms with van der Waals surface area (Å²) in [6.07, 6.45) is 4.72. The van der Waals surface area contributed by atoms with Gasteiger partial charge < -0.3 is 19.9 Å². The summed E-state index contributed by atoms with van der Waals surface area (Å²) in [5, 5.41) is 17.6. The number of aromatic nitrogens is 3. The van der Waals surface area contributed by atoms with Crippen LogP contribution in [0.15, 0.2) is 17.3 Å². The van der Waals surface area contributed by atoms with E-state index >= 15 is 0 Å². The third-order valence-electron chi connectivity index (χ3n) is 4.48. The zero-order valence-electron chi connectivity index (χ0n) is 15.3. The van der Waals surface area contributed by atoms with Crippen LogP contribution in [-0.2, 0) is 16.0 Å². The van der Waals surface area contributed by atoms with Crippen molar-refractivity contribution in [2.75, 3.05) is 13.2 Å². The summed E-state index contributed by atoms with van der Waals surface area (Å²) in [4.78, 5) is 25.7. The lowest BCUT2D eigenvalue weighted by Crippen LogP contribution is -2.36. The SMILES string of the molecule is CC(C)Cn1c(=O)c(C(=O)NC2CC2)c(O)n2ncc(C3=COCCO3)c12. The van der Waals surface area contributed by atoms with Crippen LogP contribution in [0.1, 0.15) is 42.6 Å². The molecule has 9 heteroatoms. The van der Waals surface area contributed by atoms with E-state index in [0.29, 0.717) is 36.7 Å². The van der Waals surface area contributed by atoms with Crippen LogP contribution < -0.4 is 10.9 Å². The molecule has 144 valence electrons. The Morgan fingerprint density at radius 3 is 2.81 bits per heavy atom. The van der Waals surface area contributed by atoms with Crippen LogP contribution in [0.25, 0.3) is 11.4 Å². The quantitative estimate of drug-likeness (QED) is 0.811. The number of fused-ring (bicyclic) bond motifs is 1. The standard InChI is InChI=1S/C18H22N4O5/c1-10(2)8-21-16-12(13-9-26-5-6-27-13)7-19-22(16)18(25)14(17(21)24)15(23)20-11-3-4-11/h7,9-11,25H,3-6,8H2,1-2H3,(H,20,23). The maximum Gasteiger partial charge on any atom is 0.270 e. The van der Waals surface area contributed by atoms with Gasteiger partial charge in [0.1, 0.15) is 19.5 Å². The molecule has 4 rings (SSSR count). The van der Waals surface area contributed by atoms with Crippen molar-refractivity contribution in [1.29, 1.82) is 0 Å². The minimum atomic E-state index is -0.576. The van der Waals surface area contributed by atoms with Gasteiger partial charge in [-0.2, -0.15) is 9.61 Å². The molecule has 0 unspecified atom stereocenters. The molecule has 1 amide bonds. The smallest absolute Gasteiger partial charge is 0.270 e. The lowest BCUT2D eigenvalue weighted by Gasteiger charge is -2.18. The Morgan fingerprint density at radius 1 is 1.41 bits per heavy atom. The minimum absolute atomic E-state index is 0.0664. The maximum absolute atomic E-state index is 13.1. The summed E-state index contributed by atoms with van der Waals surface area (Å²) < 4.78 is 13.6. The zero-order valence-corrected chi connectivity index (χ0v) is 15.3. The first-order valence-corrected chi connectivity index (χ1v) is 9.06. The average Bonchev–Trinajstić information content (AvgIpc) is 3.33. The molecule has 9 nitrogen and oxygen atoms in total. The molecule has 2 aromatic heterocycles. The monoisotopic (exact) mass is 374 g/mol. The first-order chi connectivity index (χ1) is 13.0. The molecule has 27 heavy (non-hydrogen) atoms. The highest BCUT2D eigenvalue weighted by Gasteiger charge is 2.30. The van der Waals surface area contributed by atoms with Crippen LogP contribution >= 0.6 is 0 Å². The first-order valence-electron chi connectivity index (χ1n) is 9.06. The molecule has 0 aromatic carbocycles. The molecule has 3 heterocycles. The molecule has 0 atom stereocenters. The maximum atomic E-state index is 13.1. The number of nitrogens with one attached hydrogen (secondary N) is 1. The molecular weight excluding hydrogens is 352 g/mol. The van der Waals surface area contributed by atoms with Gasteiger partial charge in [0.15, 0.2) is 17.0 Å². The van der Waals surface area contributed by atoms with Crippen LogP contribution in [0.2, 0.25) is 0 Å². The number of ether oxygens (including phenoxy) is 2. The molecule has 2 N–H and O–H groups in total. The van der Waals surface area contributed by atoms with E-state index in [0.717, 1.165) is 12.8 Å². The summed E-state index contributed by atoms with van der Waals surface area (Å²) >= 11 is 0. The van der Waals surface area contributed by atoms with Crippen LogP contribution in [-0.4, -0.2) is 44.5 Å². The number of rotatable bonds is 5. The van der Waals surface area contributed by atoms with Gasteiger partial charge in [-0.05, 0) is 18.8 Å². The number of carbonyl (C=O) groups excluding carboxylic acids is 1. The number of aromatic hydroxyl groups is 1. The second kappa shape index (κ2) is 6.64. The second-order valence-electron chi connectivity index (χ2n) is 7.25. The molecule has 1 aliphatic heterocycles. The third-order valence-corrected chi connectivity index (χ3v) is 4.48. The van der Waals surface area contributed by atoms with Gasteiger partial charge in [0.05, 0.1) is 11.8 Å². The highest BCUT2D eigenvalue weighted by atomic mass is 16.6. The van der Waals surface area contributed by atoms with Gasteiger partial charge in [-0.1, -0.05) is 13.8 Å². The number of carbonyl (C=O) groups is 1. The number of amides is 1. The van der Waals surface area contributed by atoms with E-state index in [9.17, 15) is 14.7 Å². The molecule has 1 saturated carbocycles. The Hall–Kier alpha value is -2.97. The summed E-state index contributed by atoms with van der Waals surface area (Å²) in [7, 11) is 0. The molecule has 0 bridgehead atoms. The topological polar surface area (TPSA) is 107 Å². The molecule has 1 aliphatic carbocycles. The van der Waals surface area contributed by atoms with Crippen molar-refractivity contribution in [2.45, 2.75) is 39.3 Å². The molecule has 0 radical (unpaired) electrons. The van der Waals surface area contributed by atoms with E-state index < -0.39 is 17.3 Å². The highest BCUT2D eigenvalue weighted by Crippen LogP contribution is 2.27. The van der Waals surface area contributed by atoms with E-state index in [1.54, 1.807) is 0 Å². The van der Waals surface area contributed by atoms with Crippen LogP contribution in [0, 0.1) is 5.92 Å². The molecule has 0 saturated heterocycles. The highest BCUT2D eigenvalue weighted by molar-refractivity contribution is 5.96. The average molecular weight is 374 g/mol. The van der Waals surface area contributed by atoms with Gasteiger partial charge in [-0.25, -0.2) is 0 Å². The number of hydrogen-bond acceptors (Lipinski definition) is 6. The van der Waals surface area contributed by atoms with Gasteiger partial charge in [0, 0.05) is 12.6 Å². The summed E-state index contributed by atoms with van der Waals surface area (Å²) in [5.74, 6) is -0.483. The molecule has 2 aromatic rings. The predicted molar refractivity (Wildman–Crippen MR) is 96.3 cm³/mol. The summed E-state index contributed by atoms with van der Waals surface area (Å²) in [6, 6.07) is 0.0664. The normalized spacial score (nSPS) is 16.8. The zero-order chi connectivity index (χ0) is 19.1. The van der Waals surface area contributed by atoms with Crippen molar-refractivity contribution in [2.24, 2.45) is 5.92 Å². The van der Waals surface area contributed by atoms with Crippen molar-refractivity contribution in [3.63, 3.8) is 0 Å². The fourth-order valence-electron chi connectivity index (χ4n) is 3.09. The van der Waals surface area contributed by atoms with Crippen LogP contribution in [0.3, 0.4) is 0 Å². The first kappa shape index (κ1) is 17.4. The Morgan fingerprint density at radius 2 is 2.19 bits per heavy atom. The Kier molecular flexibility index (Phi) is 4.29. The van der Waals surface area contributed by atoms with Gasteiger partial charge in [0.2, 0.25) is 5.88 Å². The van der Waals surface area contributed by atoms with Gasteiger partial charge in [-0.3, -0.25) is 14.2 Å². The lowest BCUT2D eigenvalue weighted by atomic mass is 10.2. The minimum Gasteiger partial charge on any atom is -0.494 e. The van der Waals surface area contributed by atoms with E-state index in [2.05, 4.69) is 10.4 Å². The van der Waals surface area contributed by atoms with Crippen molar-refractivity contribution in [3.8, 4) is 5.88 Å². The van der Waals surface area contributed by atoms with Gasteiger partial charge >= 0.3 is 0 Å². The van der Waals surface area contributed by atoms with E-state index in [1.165, 1.54) is 21.5 Å². The Balaban J connectivity index is 1.93. The van der Waals surface area contributed by atoms with Crippen molar-refractivity contribution < 1.29 is 19.4 Å². The van der Waals surface area contributed by atoms with Gasteiger partial charge in [0.25, 0.3) is 11.5 Å². The second-order valence-corrected chi connectivity index (χ2v) is 7.25. The third kappa shape index (κ3) is 3.13. The Bertz CT molecular complexity index is 984. The number of nitrogens with zero attached hydrogens (tertiary/aromatic N) is 3. The van der Waals surface area contributed by atoms with Crippen molar-refractivity contribution in [3.05, 3.63) is 33.9 Å². The Labute approximate surface area is 155 Å². The molecule has 0 spiro atoms. The summed E-state index contributed by atoms with van der Waals surface area (Å²) in [5.41, 5.74) is 0.0493. The molecule has 1 fully saturated rings. The van der Waals surface area contributed by atoms with Crippen LogP contribution in [0.4, 0.5) is 0 Å². The van der Waals surface area contributed by atoms with Crippen molar-refractivity contribution in [1.82, 2.24) is 19.5 Å².